The molecule has 0 bridgehead atoms. The largest absolute Gasteiger partial charge is 0.456 e. The summed E-state index contributed by atoms with van der Waals surface area (Å²) in [6.45, 7) is -0.311. The quantitative estimate of drug-likeness (QED) is 0.577. The highest BCUT2D eigenvalue weighted by Crippen LogP contribution is 2.17. The molecule has 24 heavy (non-hydrogen) atoms. The van der Waals surface area contributed by atoms with Crippen molar-refractivity contribution in [1.82, 2.24) is 10.3 Å². The highest BCUT2D eigenvalue weighted by atomic mass is 35.5. The fourth-order valence-corrected chi connectivity index (χ4v) is 2.46. The van der Waals surface area contributed by atoms with Crippen molar-refractivity contribution in [2.75, 3.05) is 18.5 Å². The Morgan fingerprint density at radius 2 is 2.08 bits per heavy atom. The molecule has 2 aromatic heterocycles. The van der Waals surface area contributed by atoms with Gasteiger partial charge in [-0.15, -0.1) is 11.3 Å². The fourth-order valence-electron chi connectivity index (χ4n) is 1.66. The number of amides is 2. The summed E-state index contributed by atoms with van der Waals surface area (Å²) in [5, 5.41) is 7.01. The summed E-state index contributed by atoms with van der Waals surface area (Å²) < 4.78 is 4.83. The maximum Gasteiger partial charge on any atom is 0.308 e. The van der Waals surface area contributed by atoms with Gasteiger partial charge < -0.3 is 15.4 Å². The van der Waals surface area contributed by atoms with Gasteiger partial charge >= 0.3 is 5.97 Å². The molecule has 0 saturated heterocycles. The molecule has 0 unspecified atom stereocenters. The van der Waals surface area contributed by atoms with Gasteiger partial charge in [-0.3, -0.25) is 14.4 Å². The van der Waals surface area contributed by atoms with E-state index in [0.717, 1.165) is 0 Å². The Labute approximate surface area is 147 Å². The Hall–Kier alpha value is -2.45. The van der Waals surface area contributed by atoms with E-state index < -0.39 is 18.5 Å². The van der Waals surface area contributed by atoms with Crippen molar-refractivity contribution < 1.29 is 19.1 Å². The zero-order valence-electron chi connectivity index (χ0n) is 12.5. The van der Waals surface area contributed by atoms with Gasteiger partial charge in [0, 0.05) is 12.7 Å². The number of rotatable bonds is 7. The Bertz CT molecular complexity index is 721. The SMILES string of the molecule is O=C(COC(=O)CCNC(=O)c1cccs1)Nc1cccnc1Cl. The number of thiophene rings is 1. The van der Waals surface area contributed by atoms with Crippen LogP contribution in [0.25, 0.3) is 0 Å². The summed E-state index contributed by atoms with van der Waals surface area (Å²) in [6.07, 6.45) is 1.46. The number of halogens is 1. The minimum Gasteiger partial charge on any atom is -0.456 e. The molecule has 0 saturated carbocycles. The molecule has 0 atom stereocenters. The topological polar surface area (TPSA) is 97.4 Å². The number of hydrogen-bond acceptors (Lipinski definition) is 6. The van der Waals surface area contributed by atoms with Crippen LogP contribution in [0.5, 0.6) is 0 Å². The van der Waals surface area contributed by atoms with Crippen LogP contribution in [-0.4, -0.2) is 35.9 Å². The monoisotopic (exact) mass is 367 g/mol. The molecule has 0 aliphatic heterocycles. The Morgan fingerprint density at radius 3 is 2.79 bits per heavy atom. The number of nitrogens with one attached hydrogen (secondary N) is 2. The maximum atomic E-state index is 11.7. The van der Waals surface area contributed by atoms with Gasteiger partial charge in [-0.25, -0.2) is 4.98 Å². The molecule has 126 valence electrons. The van der Waals surface area contributed by atoms with E-state index in [-0.39, 0.29) is 24.0 Å². The zero-order valence-corrected chi connectivity index (χ0v) is 14.0. The average molecular weight is 368 g/mol. The molecule has 7 nitrogen and oxygen atoms in total. The first-order valence-corrected chi connectivity index (χ1v) is 8.19. The number of nitrogens with zero attached hydrogens (tertiary/aromatic N) is 1. The lowest BCUT2D eigenvalue weighted by molar-refractivity contribution is -0.147. The van der Waals surface area contributed by atoms with Gasteiger partial charge in [0.05, 0.1) is 17.0 Å². The summed E-state index contributed by atoms with van der Waals surface area (Å²) >= 11 is 7.11. The Kier molecular flexibility index (Phi) is 6.71. The first-order valence-electron chi connectivity index (χ1n) is 6.94. The van der Waals surface area contributed by atoms with Crippen molar-refractivity contribution in [2.45, 2.75) is 6.42 Å². The molecule has 0 aliphatic carbocycles. The predicted octanol–water partition coefficient (Wildman–Crippen LogP) is 2.10. The molecule has 2 rings (SSSR count). The molecule has 0 aliphatic rings. The van der Waals surface area contributed by atoms with Crippen LogP contribution >= 0.6 is 22.9 Å². The van der Waals surface area contributed by atoms with Gasteiger partial charge in [-0.1, -0.05) is 17.7 Å². The average Bonchev–Trinajstić information content (AvgIpc) is 3.09. The number of anilines is 1. The van der Waals surface area contributed by atoms with Gasteiger partial charge in [0.2, 0.25) is 0 Å². The van der Waals surface area contributed by atoms with Gasteiger partial charge in [-0.2, -0.15) is 0 Å². The lowest BCUT2D eigenvalue weighted by atomic mass is 10.4. The van der Waals surface area contributed by atoms with E-state index in [1.807, 2.05) is 0 Å². The van der Waals surface area contributed by atoms with E-state index in [2.05, 4.69) is 15.6 Å². The van der Waals surface area contributed by atoms with E-state index in [0.29, 0.717) is 10.6 Å². The number of carbonyl (C=O) groups is 3. The van der Waals surface area contributed by atoms with Crippen molar-refractivity contribution in [1.29, 1.82) is 0 Å². The second-order valence-electron chi connectivity index (χ2n) is 4.53. The van der Waals surface area contributed by atoms with Gasteiger partial charge in [0.25, 0.3) is 11.8 Å². The van der Waals surface area contributed by atoms with E-state index in [4.69, 9.17) is 16.3 Å². The lowest BCUT2D eigenvalue weighted by Crippen LogP contribution is -2.27. The third-order valence-corrected chi connectivity index (χ3v) is 3.93. The number of esters is 1. The summed E-state index contributed by atoms with van der Waals surface area (Å²) in [5.41, 5.74) is 0.337. The van der Waals surface area contributed by atoms with Crippen molar-refractivity contribution in [3.05, 3.63) is 45.9 Å². The van der Waals surface area contributed by atoms with Crippen molar-refractivity contribution in [3.8, 4) is 0 Å². The molecule has 2 heterocycles. The Morgan fingerprint density at radius 1 is 1.25 bits per heavy atom. The van der Waals surface area contributed by atoms with Crippen LogP contribution in [0.15, 0.2) is 35.8 Å². The van der Waals surface area contributed by atoms with Crippen molar-refractivity contribution in [3.63, 3.8) is 0 Å². The van der Waals surface area contributed by atoms with Gasteiger partial charge in [0.1, 0.15) is 0 Å². The molecule has 0 fully saturated rings. The van der Waals surface area contributed by atoms with E-state index in [1.54, 1.807) is 29.6 Å². The van der Waals surface area contributed by atoms with Gasteiger partial charge in [0.15, 0.2) is 11.8 Å². The smallest absolute Gasteiger partial charge is 0.308 e. The predicted molar refractivity (Wildman–Crippen MR) is 90.1 cm³/mol. The molecule has 0 spiro atoms. The highest BCUT2D eigenvalue weighted by molar-refractivity contribution is 7.12. The fraction of sp³-hybridized carbons (Fsp3) is 0.200. The van der Waals surface area contributed by atoms with Gasteiger partial charge in [-0.05, 0) is 23.6 Å². The highest BCUT2D eigenvalue weighted by Gasteiger charge is 2.11. The van der Waals surface area contributed by atoms with Crippen LogP contribution in [0.4, 0.5) is 5.69 Å². The summed E-state index contributed by atoms with van der Waals surface area (Å²) in [5.74, 6) is -1.36. The molecule has 2 N–H and O–H groups in total. The van der Waals surface area contributed by atoms with Crippen molar-refractivity contribution in [2.24, 2.45) is 0 Å². The summed E-state index contributed by atoms with van der Waals surface area (Å²) in [4.78, 5) is 39.2. The molecule has 0 aromatic carbocycles. The summed E-state index contributed by atoms with van der Waals surface area (Å²) in [6, 6.07) is 6.64. The van der Waals surface area contributed by atoms with Crippen LogP contribution in [-0.2, 0) is 14.3 Å². The molecular weight excluding hydrogens is 354 g/mol. The molecule has 2 amide bonds. The van der Waals surface area contributed by atoms with Crippen molar-refractivity contribution >= 4 is 46.4 Å². The number of hydrogen-bond donors (Lipinski definition) is 2. The number of pyridine rings is 1. The van der Waals surface area contributed by atoms with Crippen LogP contribution in [0.1, 0.15) is 16.1 Å². The minimum absolute atomic E-state index is 0.0297. The van der Waals surface area contributed by atoms with Crippen LogP contribution in [0.3, 0.4) is 0 Å². The minimum atomic E-state index is -0.589. The second-order valence-corrected chi connectivity index (χ2v) is 5.84. The zero-order chi connectivity index (χ0) is 17.4. The normalized spacial score (nSPS) is 10.0. The number of carbonyl (C=O) groups excluding carboxylic acids is 3. The Balaban J connectivity index is 1.65. The molecular formula is C15H14ClN3O4S. The van der Waals surface area contributed by atoms with E-state index in [1.165, 1.54) is 17.5 Å². The third-order valence-electron chi connectivity index (χ3n) is 2.76. The van der Waals surface area contributed by atoms with Crippen LogP contribution < -0.4 is 10.6 Å². The van der Waals surface area contributed by atoms with E-state index >= 15 is 0 Å². The summed E-state index contributed by atoms with van der Waals surface area (Å²) in [7, 11) is 0. The van der Waals surface area contributed by atoms with E-state index in [9.17, 15) is 14.4 Å². The first kappa shape index (κ1) is 17.9. The molecule has 0 radical (unpaired) electrons. The number of ether oxygens (including phenoxy) is 1. The lowest BCUT2D eigenvalue weighted by Gasteiger charge is -2.07. The maximum absolute atomic E-state index is 11.7. The third kappa shape index (κ3) is 5.64. The molecule has 9 heteroatoms. The second kappa shape index (κ2) is 8.99. The van der Waals surface area contributed by atoms with Crippen LogP contribution in [0.2, 0.25) is 5.15 Å². The van der Waals surface area contributed by atoms with Crippen LogP contribution in [0, 0.1) is 0 Å². The number of aromatic nitrogens is 1. The standard InChI is InChI=1S/C15H14ClN3O4S/c16-14-10(3-1-6-17-14)19-12(20)9-23-13(21)5-7-18-15(22)11-4-2-8-24-11/h1-4,6,8H,5,7,9H2,(H,18,22)(H,19,20). The molecule has 2 aromatic rings. The first-order chi connectivity index (χ1) is 11.6.